The summed E-state index contributed by atoms with van der Waals surface area (Å²) in [5, 5.41) is 18.0. The first-order valence-electron chi connectivity index (χ1n) is 12.9. The summed E-state index contributed by atoms with van der Waals surface area (Å²) >= 11 is 0. The van der Waals surface area contributed by atoms with E-state index >= 15 is 0 Å². The van der Waals surface area contributed by atoms with Gasteiger partial charge in [-0.05, 0) is 43.0 Å². The highest BCUT2D eigenvalue weighted by Crippen LogP contribution is 2.37. The van der Waals surface area contributed by atoms with E-state index in [-0.39, 0.29) is 17.4 Å². The lowest BCUT2D eigenvalue weighted by Crippen LogP contribution is -2.40. The fourth-order valence-corrected chi connectivity index (χ4v) is 5.34. The molecule has 5 rings (SSSR count). The van der Waals surface area contributed by atoms with Crippen LogP contribution in [0.25, 0.3) is 27.5 Å². The number of imidazole rings is 1. The number of likely N-dealkylation sites (tertiary alicyclic amines) is 1. The third-order valence-corrected chi connectivity index (χ3v) is 7.25. The number of nitrogens with zero attached hydrogens (tertiary/aromatic N) is 3. The number of aromatic nitrogens is 2. The molecule has 0 bridgehead atoms. The average molecular weight is 497 g/mol. The van der Waals surface area contributed by atoms with Crippen molar-refractivity contribution < 1.29 is 4.74 Å². The molecule has 1 aliphatic heterocycles. The predicted molar refractivity (Wildman–Crippen MR) is 152 cm³/mol. The van der Waals surface area contributed by atoms with Crippen molar-refractivity contribution in [3.63, 3.8) is 0 Å². The van der Waals surface area contributed by atoms with E-state index in [0.29, 0.717) is 5.84 Å². The Morgan fingerprint density at radius 3 is 2.32 bits per heavy atom. The van der Waals surface area contributed by atoms with Gasteiger partial charge in [-0.25, -0.2) is 4.98 Å². The molecule has 0 unspecified atom stereocenters. The van der Waals surface area contributed by atoms with Gasteiger partial charge < -0.3 is 15.4 Å². The van der Waals surface area contributed by atoms with Gasteiger partial charge in [0.25, 0.3) is 0 Å². The number of piperidine rings is 1. The smallest absolute Gasteiger partial charge is 0.123 e. The third kappa shape index (κ3) is 4.54. The molecule has 0 radical (unpaired) electrons. The quantitative estimate of drug-likeness (QED) is 0.241. The summed E-state index contributed by atoms with van der Waals surface area (Å²) in [7, 11) is 0. The third-order valence-electron chi connectivity index (χ3n) is 7.25. The molecule has 7 nitrogen and oxygen atoms in total. The van der Waals surface area contributed by atoms with Crippen molar-refractivity contribution >= 4 is 33.5 Å². The Bertz CT molecular complexity index is 1520. The summed E-state index contributed by atoms with van der Waals surface area (Å²) in [4.78, 5) is 7.26. The van der Waals surface area contributed by atoms with Crippen LogP contribution >= 0.6 is 0 Å². The molecule has 0 aliphatic carbocycles. The predicted octanol–water partition coefficient (Wildman–Crippen LogP) is 5.91. The highest BCUT2D eigenvalue weighted by Gasteiger charge is 2.27. The summed E-state index contributed by atoms with van der Waals surface area (Å²) in [6.45, 7) is 12.2. The number of hydrogen-bond donors (Lipinski definition) is 3. The average Bonchev–Trinajstić information content (AvgIpc) is 3.24. The maximum atomic E-state index is 8.08. The zero-order valence-electron chi connectivity index (χ0n) is 22.4. The van der Waals surface area contributed by atoms with Gasteiger partial charge in [-0.1, -0.05) is 45.0 Å². The molecule has 7 heteroatoms. The number of hydrogen-bond acceptors (Lipinski definition) is 4. The van der Waals surface area contributed by atoms with E-state index in [1.165, 1.54) is 0 Å². The lowest BCUT2D eigenvalue weighted by atomic mass is 9.95. The van der Waals surface area contributed by atoms with E-state index in [9.17, 15) is 0 Å². The van der Waals surface area contributed by atoms with Crippen molar-refractivity contribution in [2.75, 3.05) is 13.1 Å². The van der Waals surface area contributed by atoms with E-state index in [4.69, 9.17) is 26.3 Å². The SMILES string of the molecule is CC(=N)N1CCC(Oc2cc(C)c3nc(C(C)(C)C)n(-c4ccc(C(=N)N)c5ccccc45)c3c2)CC1. The number of benzene rings is 3. The maximum Gasteiger partial charge on any atom is 0.123 e. The molecule has 37 heavy (non-hydrogen) atoms. The van der Waals surface area contributed by atoms with E-state index in [2.05, 4.69) is 55.4 Å². The van der Waals surface area contributed by atoms with Crippen LogP contribution in [-0.4, -0.2) is 45.3 Å². The zero-order valence-corrected chi connectivity index (χ0v) is 22.4. The van der Waals surface area contributed by atoms with Crippen molar-refractivity contribution in [3.05, 3.63) is 65.5 Å². The monoisotopic (exact) mass is 496 g/mol. The minimum Gasteiger partial charge on any atom is -0.490 e. The Morgan fingerprint density at radius 2 is 1.70 bits per heavy atom. The number of fused-ring (bicyclic) bond motifs is 2. The number of ether oxygens (including phenoxy) is 1. The van der Waals surface area contributed by atoms with Crippen LogP contribution in [-0.2, 0) is 5.41 Å². The number of aryl methyl sites for hydroxylation is 1. The van der Waals surface area contributed by atoms with Crippen molar-refractivity contribution in [2.24, 2.45) is 5.73 Å². The Morgan fingerprint density at radius 1 is 1.03 bits per heavy atom. The number of nitrogen functional groups attached to an aromatic ring is 1. The molecular weight excluding hydrogens is 460 g/mol. The Balaban J connectivity index is 1.66. The first kappa shape index (κ1) is 24.8. The Kier molecular flexibility index (Phi) is 6.18. The normalized spacial score (nSPS) is 14.9. The van der Waals surface area contributed by atoms with Gasteiger partial charge in [-0.15, -0.1) is 0 Å². The van der Waals surface area contributed by atoms with Crippen molar-refractivity contribution in [1.29, 1.82) is 10.8 Å². The standard InChI is InChI=1S/C30H36N6O/c1-18-16-21(37-20-12-14-35(15-13-20)19(2)31)17-26-27(18)34-29(30(3,4)5)36(26)25-11-10-24(28(32)33)22-8-6-7-9-23(22)25/h6-11,16-17,20,31H,12-15H2,1-5H3,(H3,32,33). The molecule has 4 aromatic rings. The van der Waals surface area contributed by atoms with Gasteiger partial charge in [-0.3, -0.25) is 15.4 Å². The van der Waals surface area contributed by atoms with Gasteiger partial charge in [-0.2, -0.15) is 0 Å². The van der Waals surface area contributed by atoms with E-state index in [1.54, 1.807) is 0 Å². The Labute approximate surface area is 218 Å². The van der Waals surface area contributed by atoms with Gasteiger partial charge in [0, 0.05) is 48.4 Å². The second-order valence-corrected chi connectivity index (χ2v) is 11.1. The summed E-state index contributed by atoms with van der Waals surface area (Å²) < 4.78 is 8.77. The molecule has 0 atom stereocenters. The lowest BCUT2D eigenvalue weighted by Gasteiger charge is -2.32. The van der Waals surface area contributed by atoms with Crippen LogP contribution in [0.3, 0.4) is 0 Å². The van der Waals surface area contributed by atoms with Crippen LogP contribution < -0.4 is 10.5 Å². The topological polar surface area (TPSA) is 104 Å². The fourth-order valence-electron chi connectivity index (χ4n) is 5.34. The molecule has 4 N–H and O–H groups in total. The second-order valence-electron chi connectivity index (χ2n) is 11.1. The molecular formula is C30H36N6O. The molecule has 3 aromatic carbocycles. The van der Waals surface area contributed by atoms with Crippen LogP contribution in [0.4, 0.5) is 0 Å². The Hall–Kier alpha value is -3.87. The number of amidine groups is 2. The second kappa shape index (κ2) is 9.21. The van der Waals surface area contributed by atoms with Crippen LogP contribution in [0.1, 0.15) is 57.5 Å². The van der Waals surface area contributed by atoms with Crippen molar-refractivity contribution in [3.8, 4) is 11.4 Å². The first-order valence-corrected chi connectivity index (χ1v) is 12.9. The molecule has 2 heterocycles. The highest BCUT2D eigenvalue weighted by atomic mass is 16.5. The van der Waals surface area contributed by atoms with Gasteiger partial charge in [0.2, 0.25) is 0 Å². The van der Waals surface area contributed by atoms with Gasteiger partial charge in [0.15, 0.2) is 0 Å². The number of nitrogens with two attached hydrogens (primary N) is 1. The minimum absolute atomic E-state index is 0.0603. The lowest BCUT2D eigenvalue weighted by molar-refractivity contribution is 0.130. The van der Waals surface area contributed by atoms with E-state index < -0.39 is 0 Å². The minimum atomic E-state index is -0.204. The largest absolute Gasteiger partial charge is 0.490 e. The van der Waals surface area contributed by atoms with Crippen LogP contribution in [0.5, 0.6) is 5.75 Å². The maximum absolute atomic E-state index is 8.08. The summed E-state index contributed by atoms with van der Waals surface area (Å²) in [5.41, 5.74) is 10.5. The van der Waals surface area contributed by atoms with E-state index in [0.717, 1.165) is 76.1 Å². The fraction of sp³-hybridized carbons (Fsp3) is 0.367. The van der Waals surface area contributed by atoms with Gasteiger partial charge >= 0.3 is 0 Å². The zero-order chi connectivity index (χ0) is 26.5. The van der Waals surface area contributed by atoms with Crippen LogP contribution in [0.2, 0.25) is 0 Å². The molecule has 0 saturated carbocycles. The molecule has 1 fully saturated rings. The van der Waals surface area contributed by atoms with Crippen molar-refractivity contribution in [1.82, 2.24) is 14.5 Å². The number of nitrogens with one attached hydrogen (secondary N) is 2. The first-order chi connectivity index (χ1) is 17.5. The molecule has 0 amide bonds. The van der Waals surface area contributed by atoms with E-state index in [1.807, 2.05) is 37.3 Å². The van der Waals surface area contributed by atoms with Gasteiger partial charge in [0.1, 0.15) is 23.5 Å². The highest BCUT2D eigenvalue weighted by molar-refractivity contribution is 6.10. The number of rotatable bonds is 4. The molecule has 192 valence electrons. The molecule has 1 saturated heterocycles. The van der Waals surface area contributed by atoms with Crippen molar-refractivity contribution in [2.45, 2.75) is 59.0 Å². The van der Waals surface area contributed by atoms with Crippen LogP contribution in [0, 0.1) is 17.7 Å². The summed E-state index contributed by atoms with van der Waals surface area (Å²) in [5.74, 6) is 2.50. The van der Waals surface area contributed by atoms with Gasteiger partial charge in [0.05, 0.1) is 22.6 Å². The molecule has 0 spiro atoms. The molecule has 1 aliphatic rings. The molecule has 1 aromatic heterocycles. The van der Waals surface area contributed by atoms with Crippen LogP contribution in [0.15, 0.2) is 48.5 Å². The summed E-state index contributed by atoms with van der Waals surface area (Å²) in [6, 6.07) is 16.3. The summed E-state index contributed by atoms with van der Waals surface area (Å²) in [6.07, 6.45) is 1.93.